The molecule has 0 radical (unpaired) electrons. The van der Waals surface area contributed by atoms with Crippen molar-refractivity contribution in [3.63, 3.8) is 0 Å². The number of aryl methyl sites for hydroxylation is 1. The molecule has 8 nitrogen and oxygen atoms in total. The highest BCUT2D eigenvalue weighted by Gasteiger charge is 2.23. The smallest absolute Gasteiger partial charge is 0.326 e. The summed E-state index contributed by atoms with van der Waals surface area (Å²) in [6, 6.07) is 4.43. The summed E-state index contributed by atoms with van der Waals surface area (Å²) in [5, 5.41) is 15.3. The summed E-state index contributed by atoms with van der Waals surface area (Å²) in [4.78, 5) is 31.2. The average Bonchev–Trinajstić information content (AvgIpc) is 3.00. The van der Waals surface area contributed by atoms with Crippen LogP contribution in [0.25, 0.3) is 11.5 Å². The van der Waals surface area contributed by atoms with E-state index in [9.17, 15) is 9.59 Å². The third-order valence-electron chi connectivity index (χ3n) is 3.18. The van der Waals surface area contributed by atoms with E-state index in [1.54, 1.807) is 32.2 Å². The van der Waals surface area contributed by atoms with Gasteiger partial charge in [0.25, 0.3) is 0 Å². The van der Waals surface area contributed by atoms with Gasteiger partial charge in [-0.3, -0.25) is 9.78 Å². The van der Waals surface area contributed by atoms with Crippen molar-refractivity contribution in [2.45, 2.75) is 32.7 Å². The molecule has 23 heavy (non-hydrogen) atoms. The molecule has 0 saturated carbocycles. The van der Waals surface area contributed by atoms with Gasteiger partial charge in [-0.15, -0.1) is 0 Å². The summed E-state index contributed by atoms with van der Waals surface area (Å²) >= 11 is 0. The summed E-state index contributed by atoms with van der Waals surface area (Å²) in [6.45, 7) is 3.46. The molecular weight excluding hydrogens is 300 g/mol. The molecule has 2 aromatic rings. The van der Waals surface area contributed by atoms with Crippen molar-refractivity contribution in [3.8, 4) is 11.5 Å². The maximum atomic E-state index is 11.8. The first kappa shape index (κ1) is 16.6. The van der Waals surface area contributed by atoms with Gasteiger partial charge in [-0.05, 0) is 18.1 Å². The normalized spacial score (nSPS) is 12.1. The first-order chi connectivity index (χ1) is 11.0. The highest BCUT2D eigenvalue weighted by Crippen LogP contribution is 2.12. The number of pyridine rings is 1. The first-order valence-electron chi connectivity index (χ1n) is 7.23. The minimum Gasteiger partial charge on any atom is -0.480 e. The number of carboxylic acids is 1. The molecule has 2 aromatic heterocycles. The van der Waals surface area contributed by atoms with Crippen LogP contribution in [0.2, 0.25) is 0 Å². The molecule has 0 aromatic carbocycles. The maximum Gasteiger partial charge on any atom is 0.326 e. The fourth-order valence-electron chi connectivity index (χ4n) is 1.94. The summed E-state index contributed by atoms with van der Waals surface area (Å²) in [5.74, 6) is -0.966. The molecule has 0 aliphatic heterocycles. The summed E-state index contributed by atoms with van der Waals surface area (Å²) in [5.41, 5.74) is 0.581. The van der Waals surface area contributed by atoms with Gasteiger partial charge in [0.05, 0.1) is 0 Å². The van der Waals surface area contributed by atoms with Gasteiger partial charge in [0.1, 0.15) is 11.7 Å². The van der Waals surface area contributed by atoms with Crippen molar-refractivity contribution >= 4 is 11.9 Å². The average molecular weight is 318 g/mol. The van der Waals surface area contributed by atoms with Gasteiger partial charge < -0.3 is 14.9 Å². The molecule has 0 fully saturated rings. The number of carbonyl (C=O) groups excluding carboxylic acids is 1. The zero-order valence-electron chi connectivity index (χ0n) is 12.9. The molecule has 0 saturated heterocycles. The Hall–Kier alpha value is -2.77. The van der Waals surface area contributed by atoms with Crippen molar-refractivity contribution in [3.05, 3.63) is 30.3 Å². The van der Waals surface area contributed by atoms with Crippen LogP contribution in [-0.4, -0.2) is 38.1 Å². The van der Waals surface area contributed by atoms with Gasteiger partial charge in [0.2, 0.25) is 17.6 Å². The zero-order valence-corrected chi connectivity index (χ0v) is 12.9. The highest BCUT2D eigenvalue weighted by molar-refractivity contribution is 5.83. The Balaban J connectivity index is 1.90. The lowest BCUT2D eigenvalue weighted by Gasteiger charge is -2.17. The number of rotatable bonds is 7. The summed E-state index contributed by atoms with van der Waals surface area (Å²) in [6.07, 6.45) is 1.92. The van der Waals surface area contributed by atoms with Crippen molar-refractivity contribution < 1.29 is 19.2 Å². The largest absolute Gasteiger partial charge is 0.480 e. The summed E-state index contributed by atoms with van der Waals surface area (Å²) in [7, 11) is 0. The second-order valence-corrected chi connectivity index (χ2v) is 5.35. The Kier molecular flexibility index (Phi) is 5.40. The molecule has 0 aliphatic rings. The number of aromatic nitrogens is 3. The number of nitrogens with one attached hydrogen (secondary N) is 1. The second kappa shape index (κ2) is 7.48. The van der Waals surface area contributed by atoms with Crippen LogP contribution < -0.4 is 5.32 Å². The molecule has 8 heteroatoms. The van der Waals surface area contributed by atoms with Crippen LogP contribution in [0.5, 0.6) is 0 Å². The van der Waals surface area contributed by atoms with E-state index in [-0.39, 0.29) is 24.7 Å². The minimum absolute atomic E-state index is 0.0698. The molecule has 0 unspecified atom stereocenters. The monoisotopic (exact) mass is 318 g/mol. The molecule has 2 N–H and O–H groups in total. The predicted octanol–water partition coefficient (Wildman–Crippen LogP) is 1.29. The number of carbonyl (C=O) groups is 2. The molecule has 1 atom stereocenters. The van der Waals surface area contributed by atoms with Crippen LogP contribution in [0.4, 0.5) is 0 Å². The van der Waals surface area contributed by atoms with E-state index >= 15 is 0 Å². The van der Waals surface area contributed by atoms with Gasteiger partial charge in [-0.2, -0.15) is 4.98 Å². The predicted molar refractivity (Wildman–Crippen MR) is 80.3 cm³/mol. The van der Waals surface area contributed by atoms with Gasteiger partial charge in [0.15, 0.2) is 0 Å². The van der Waals surface area contributed by atoms with Gasteiger partial charge >= 0.3 is 5.97 Å². The third-order valence-corrected chi connectivity index (χ3v) is 3.18. The fourth-order valence-corrected chi connectivity index (χ4v) is 1.94. The Morgan fingerprint density at radius 3 is 2.74 bits per heavy atom. The SMILES string of the molecule is CC(C)[C@H](NC(=O)CCc1nc(-c2ccccn2)no1)C(=O)O. The molecule has 0 bridgehead atoms. The van der Waals surface area contributed by atoms with E-state index < -0.39 is 12.0 Å². The van der Waals surface area contributed by atoms with Gasteiger partial charge in [-0.1, -0.05) is 25.1 Å². The van der Waals surface area contributed by atoms with Crippen molar-refractivity contribution in [2.24, 2.45) is 5.92 Å². The van der Waals surface area contributed by atoms with Gasteiger partial charge in [-0.25, -0.2) is 4.79 Å². The van der Waals surface area contributed by atoms with E-state index in [0.29, 0.717) is 17.4 Å². The van der Waals surface area contributed by atoms with Crippen molar-refractivity contribution in [1.29, 1.82) is 0 Å². The Morgan fingerprint density at radius 1 is 1.35 bits per heavy atom. The van der Waals surface area contributed by atoms with E-state index in [2.05, 4.69) is 20.4 Å². The van der Waals surface area contributed by atoms with Crippen LogP contribution in [0, 0.1) is 5.92 Å². The molecule has 0 aliphatic carbocycles. The van der Waals surface area contributed by atoms with Crippen molar-refractivity contribution in [2.75, 3.05) is 0 Å². The standard InChI is InChI=1S/C15H18N4O4/c1-9(2)13(15(21)22)17-11(20)6-7-12-18-14(19-23-12)10-5-3-4-8-16-10/h3-5,8-9,13H,6-7H2,1-2H3,(H,17,20)(H,21,22)/t13-/m0/s1. The van der Waals surface area contributed by atoms with Crippen LogP contribution >= 0.6 is 0 Å². The quantitative estimate of drug-likeness (QED) is 0.789. The third kappa shape index (κ3) is 4.60. The summed E-state index contributed by atoms with van der Waals surface area (Å²) < 4.78 is 5.07. The molecular formula is C15H18N4O4. The zero-order chi connectivity index (χ0) is 16.8. The van der Waals surface area contributed by atoms with E-state index in [1.807, 2.05) is 6.07 Å². The molecule has 1 amide bonds. The molecule has 2 heterocycles. The van der Waals surface area contributed by atoms with E-state index in [4.69, 9.17) is 9.63 Å². The topological polar surface area (TPSA) is 118 Å². The lowest BCUT2D eigenvalue weighted by molar-refractivity contribution is -0.143. The maximum absolute atomic E-state index is 11.8. The lowest BCUT2D eigenvalue weighted by Crippen LogP contribution is -2.44. The van der Waals surface area contributed by atoms with Crippen LogP contribution in [-0.2, 0) is 16.0 Å². The van der Waals surface area contributed by atoms with Crippen LogP contribution in [0.3, 0.4) is 0 Å². The minimum atomic E-state index is -1.05. The van der Waals surface area contributed by atoms with Crippen LogP contribution in [0.15, 0.2) is 28.9 Å². The lowest BCUT2D eigenvalue weighted by atomic mass is 10.0. The first-order valence-corrected chi connectivity index (χ1v) is 7.23. The number of amides is 1. The number of aliphatic carboxylic acids is 1. The fraction of sp³-hybridized carbons (Fsp3) is 0.400. The number of hydrogen-bond acceptors (Lipinski definition) is 6. The van der Waals surface area contributed by atoms with E-state index in [1.165, 1.54) is 0 Å². The highest BCUT2D eigenvalue weighted by atomic mass is 16.5. The number of carboxylic acid groups (broad SMARTS) is 1. The van der Waals surface area contributed by atoms with E-state index in [0.717, 1.165) is 0 Å². The van der Waals surface area contributed by atoms with Crippen LogP contribution in [0.1, 0.15) is 26.2 Å². The second-order valence-electron chi connectivity index (χ2n) is 5.35. The Labute approximate surface area is 132 Å². The Bertz CT molecular complexity index is 669. The molecule has 0 spiro atoms. The number of hydrogen-bond donors (Lipinski definition) is 2. The molecule has 122 valence electrons. The van der Waals surface area contributed by atoms with Gasteiger partial charge in [0, 0.05) is 19.0 Å². The molecule has 2 rings (SSSR count). The van der Waals surface area contributed by atoms with Crippen molar-refractivity contribution in [1.82, 2.24) is 20.4 Å². The Morgan fingerprint density at radius 2 is 2.13 bits per heavy atom. The number of nitrogens with zero attached hydrogens (tertiary/aromatic N) is 3.